The van der Waals surface area contributed by atoms with Gasteiger partial charge in [-0.3, -0.25) is 4.68 Å². The molecule has 0 atom stereocenters. The van der Waals surface area contributed by atoms with Gasteiger partial charge in [0.1, 0.15) is 5.82 Å². The lowest BCUT2D eigenvalue weighted by Gasteiger charge is -2.03. The van der Waals surface area contributed by atoms with Gasteiger partial charge in [0.15, 0.2) is 5.16 Å². The summed E-state index contributed by atoms with van der Waals surface area (Å²) in [6, 6.07) is 3.67. The Morgan fingerprint density at radius 3 is 3.00 bits per heavy atom. The van der Waals surface area contributed by atoms with Crippen molar-refractivity contribution in [3.8, 4) is 0 Å². The molecule has 2 aromatic rings. The van der Waals surface area contributed by atoms with Gasteiger partial charge in [-0.15, -0.1) is 0 Å². The standard InChI is InChI=1S/C10H13N5S/c1-8-7-9(11)14-10(13-8)16-6-5-15-4-2-3-12-15/h2-4,7H,5-6H2,1H3,(H2,11,13,14). The lowest BCUT2D eigenvalue weighted by Crippen LogP contribution is -2.02. The van der Waals surface area contributed by atoms with E-state index in [0.29, 0.717) is 5.82 Å². The van der Waals surface area contributed by atoms with E-state index in [1.54, 1.807) is 24.0 Å². The summed E-state index contributed by atoms with van der Waals surface area (Å²) >= 11 is 1.58. The van der Waals surface area contributed by atoms with Gasteiger partial charge in [0, 0.05) is 29.9 Å². The minimum Gasteiger partial charge on any atom is -0.384 e. The predicted octanol–water partition coefficient (Wildman–Crippen LogP) is 1.36. The normalized spacial score (nSPS) is 10.6. The Kier molecular flexibility index (Phi) is 3.40. The molecule has 16 heavy (non-hydrogen) atoms. The molecule has 0 fully saturated rings. The fraction of sp³-hybridized carbons (Fsp3) is 0.300. The molecule has 0 aromatic carbocycles. The number of rotatable bonds is 4. The van der Waals surface area contributed by atoms with Crippen LogP contribution >= 0.6 is 11.8 Å². The summed E-state index contributed by atoms with van der Waals surface area (Å²) in [5, 5.41) is 4.85. The Morgan fingerprint density at radius 2 is 2.31 bits per heavy atom. The number of hydrogen-bond acceptors (Lipinski definition) is 5. The highest BCUT2D eigenvalue weighted by atomic mass is 32.2. The molecular formula is C10H13N5S. The molecule has 0 aliphatic rings. The second-order valence-corrected chi connectivity index (χ2v) is 4.40. The van der Waals surface area contributed by atoms with Crippen LogP contribution in [-0.2, 0) is 6.54 Å². The van der Waals surface area contributed by atoms with Crippen LogP contribution < -0.4 is 5.73 Å². The molecular weight excluding hydrogens is 222 g/mol. The molecule has 5 nitrogen and oxygen atoms in total. The molecule has 0 aliphatic carbocycles. The summed E-state index contributed by atoms with van der Waals surface area (Å²) in [5.41, 5.74) is 6.54. The number of nitrogens with two attached hydrogens (primary N) is 1. The van der Waals surface area contributed by atoms with Gasteiger partial charge in [-0.1, -0.05) is 11.8 Å². The van der Waals surface area contributed by atoms with Crippen molar-refractivity contribution in [2.24, 2.45) is 0 Å². The number of anilines is 1. The van der Waals surface area contributed by atoms with Gasteiger partial charge in [0.25, 0.3) is 0 Å². The van der Waals surface area contributed by atoms with Crippen LogP contribution in [0.25, 0.3) is 0 Å². The zero-order chi connectivity index (χ0) is 11.4. The first-order valence-corrected chi connectivity index (χ1v) is 5.94. The molecule has 0 aliphatic heterocycles. The third-order valence-electron chi connectivity index (χ3n) is 1.96. The van der Waals surface area contributed by atoms with E-state index in [1.165, 1.54) is 0 Å². The zero-order valence-corrected chi connectivity index (χ0v) is 9.81. The van der Waals surface area contributed by atoms with Crippen LogP contribution in [0.1, 0.15) is 5.69 Å². The van der Waals surface area contributed by atoms with Crippen molar-refractivity contribution in [1.29, 1.82) is 0 Å². The molecule has 0 unspecified atom stereocenters. The number of aromatic nitrogens is 4. The van der Waals surface area contributed by atoms with Crippen LogP contribution in [-0.4, -0.2) is 25.5 Å². The van der Waals surface area contributed by atoms with Crippen molar-refractivity contribution >= 4 is 17.6 Å². The van der Waals surface area contributed by atoms with E-state index in [-0.39, 0.29) is 0 Å². The van der Waals surface area contributed by atoms with E-state index in [0.717, 1.165) is 23.1 Å². The number of thioether (sulfide) groups is 1. The van der Waals surface area contributed by atoms with Crippen molar-refractivity contribution < 1.29 is 0 Å². The first kappa shape index (κ1) is 10.9. The lowest BCUT2D eigenvalue weighted by molar-refractivity contribution is 0.665. The topological polar surface area (TPSA) is 69.6 Å². The van der Waals surface area contributed by atoms with Crippen LogP contribution in [0.3, 0.4) is 0 Å². The van der Waals surface area contributed by atoms with Crippen molar-refractivity contribution in [3.63, 3.8) is 0 Å². The second-order valence-electron chi connectivity index (χ2n) is 3.33. The fourth-order valence-electron chi connectivity index (χ4n) is 1.29. The van der Waals surface area contributed by atoms with Gasteiger partial charge in [0.05, 0.1) is 6.54 Å². The van der Waals surface area contributed by atoms with Gasteiger partial charge < -0.3 is 5.73 Å². The highest BCUT2D eigenvalue weighted by Crippen LogP contribution is 2.15. The van der Waals surface area contributed by atoms with Crippen LogP contribution in [0.4, 0.5) is 5.82 Å². The Bertz CT molecular complexity index is 434. The molecule has 0 radical (unpaired) electrons. The molecule has 2 aromatic heterocycles. The Balaban J connectivity index is 1.89. The zero-order valence-electron chi connectivity index (χ0n) is 9.00. The van der Waals surface area contributed by atoms with E-state index in [1.807, 2.05) is 23.9 Å². The van der Waals surface area contributed by atoms with E-state index in [9.17, 15) is 0 Å². The first-order chi connectivity index (χ1) is 7.74. The number of nitrogens with zero attached hydrogens (tertiary/aromatic N) is 4. The monoisotopic (exact) mass is 235 g/mol. The average molecular weight is 235 g/mol. The summed E-state index contributed by atoms with van der Waals surface area (Å²) < 4.78 is 1.88. The van der Waals surface area contributed by atoms with Crippen molar-refractivity contribution in [3.05, 3.63) is 30.2 Å². The summed E-state index contributed by atoms with van der Waals surface area (Å²) in [6.45, 7) is 2.75. The quantitative estimate of drug-likeness (QED) is 0.640. The number of nitrogen functional groups attached to an aromatic ring is 1. The Hall–Kier alpha value is -1.56. The molecule has 84 valence electrons. The van der Waals surface area contributed by atoms with Crippen LogP contribution in [0.5, 0.6) is 0 Å². The van der Waals surface area contributed by atoms with Gasteiger partial charge in [0.2, 0.25) is 0 Å². The minimum atomic E-state index is 0.522. The maximum Gasteiger partial charge on any atom is 0.189 e. The molecule has 2 N–H and O–H groups in total. The smallest absolute Gasteiger partial charge is 0.189 e. The molecule has 2 rings (SSSR count). The van der Waals surface area contributed by atoms with Crippen molar-refractivity contribution in [2.45, 2.75) is 18.6 Å². The molecule has 0 saturated heterocycles. The summed E-state index contributed by atoms with van der Waals surface area (Å²) in [6.07, 6.45) is 3.71. The third kappa shape index (κ3) is 2.96. The molecule has 0 amide bonds. The molecule has 0 bridgehead atoms. The van der Waals surface area contributed by atoms with Gasteiger partial charge in [-0.05, 0) is 13.0 Å². The van der Waals surface area contributed by atoms with Crippen molar-refractivity contribution in [1.82, 2.24) is 19.7 Å². The largest absolute Gasteiger partial charge is 0.384 e. The van der Waals surface area contributed by atoms with Crippen LogP contribution in [0.15, 0.2) is 29.7 Å². The predicted molar refractivity (Wildman–Crippen MR) is 64.1 cm³/mol. The SMILES string of the molecule is Cc1cc(N)nc(SCCn2cccn2)n1. The average Bonchev–Trinajstić information content (AvgIpc) is 2.69. The maximum atomic E-state index is 5.64. The maximum absolute atomic E-state index is 5.64. The number of hydrogen-bond donors (Lipinski definition) is 1. The minimum absolute atomic E-state index is 0.522. The Labute approximate surface area is 98.1 Å². The van der Waals surface area contributed by atoms with E-state index in [4.69, 9.17) is 5.73 Å². The summed E-state index contributed by atoms with van der Waals surface area (Å²) in [7, 11) is 0. The highest BCUT2D eigenvalue weighted by Gasteiger charge is 2.00. The highest BCUT2D eigenvalue weighted by molar-refractivity contribution is 7.99. The third-order valence-corrected chi connectivity index (χ3v) is 2.79. The summed E-state index contributed by atoms with van der Waals surface area (Å²) in [5.74, 6) is 1.40. The molecule has 0 saturated carbocycles. The van der Waals surface area contributed by atoms with Crippen molar-refractivity contribution in [2.75, 3.05) is 11.5 Å². The molecule has 0 spiro atoms. The first-order valence-electron chi connectivity index (χ1n) is 4.95. The van der Waals surface area contributed by atoms with Gasteiger partial charge in [-0.2, -0.15) is 5.10 Å². The van der Waals surface area contributed by atoms with Crippen LogP contribution in [0, 0.1) is 6.92 Å². The fourth-order valence-corrected chi connectivity index (χ4v) is 2.13. The second kappa shape index (κ2) is 4.98. The molecule has 6 heteroatoms. The van der Waals surface area contributed by atoms with E-state index < -0.39 is 0 Å². The van der Waals surface area contributed by atoms with Crippen LogP contribution in [0.2, 0.25) is 0 Å². The van der Waals surface area contributed by atoms with E-state index in [2.05, 4.69) is 15.1 Å². The Morgan fingerprint density at radius 1 is 1.44 bits per heavy atom. The van der Waals surface area contributed by atoms with Gasteiger partial charge in [-0.25, -0.2) is 9.97 Å². The lowest BCUT2D eigenvalue weighted by atomic mass is 10.4. The van der Waals surface area contributed by atoms with Gasteiger partial charge >= 0.3 is 0 Å². The number of aryl methyl sites for hydroxylation is 2. The summed E-state index contributed by atoms with van der Waals surface area (Å²) in [4.78, 5) is 8.45. The van der Waals surface area contributed by atoms with E-state index >= 15 is 0 Å². The molecule has 2 heterocycles.